The van der Waals surface area contributed by atoms with Crippen LogP contribution in [0.2, 0.25) is 0 Å². The molecule has 3 atom stereocenters. The van der Waals surface area contributed by atoms with E-state index in [4.69, 9.17) is 0 Å². The quantitative estimate of drug-likeness (QED) is 0.891. The molecule has 1 aromatic rings. The number of likely N-dealkylation sites (tertiary alicyclic amines) is 2. The molecule has 0 bridgehead atoms. The predicted octanol–water partition coefficient (Wildman–Crippen LogP) is 3.22. The van der Waals surface area contributed by atoms with E-state index in [9.17, 15) is 9.90 Å². The van der Waals surface area contributed by atoms with E-state index in [0.29, 0.717) is 11.8 Å². The largest absolute Gasteiger partial charge is 0.480 e. The molecule has 0 aromatic heterocycles. The summed E-state index contributed by atoms with van der Waals surface area (Å²) in [4.78, 5) is 16.2. The van der Waals surface area contributed by atoms with Crippen molar-refractivity contribution < 1.29 is 9.90 Å². The van der Waals surface area contributed by atoms with Gasteiger partial charge in [0, 0.05) is 25.6 Å². The van der Waals surface area contributed by atoms with Gasteiger partial charge in [-0.3, -0.25) is 9.69 Å². The van der Waals surface area contributed by atoms with E-state index in [-0.39, 0.29) is 0 Å². The Morgan fingerprint density at radius 3 is 2.64 bits per heavy atom. The number of aryl methyl sites for hydroxylation is 1. The summed E-state index contributed by atoms with van der Waals surface area (Å²) in [6, 6.07) is 8.37. The topological polar surface area (TPSA) is 43.8 Å². The molecule has 2 heterocycles. The summed E-state index contributed by atoms with van der Waals surface area (Å²) in [6.45, 7) is 11.5. The van der Waals surface area contributed by atoms with Crippen LogP contribution in [0.5, 0.6) is 0 Å². The second-order valence-electron chi connectivity index (χ2n) is 8.23. The van der Waals surface area contributed by atoms with Crippen LogP contribution in [0.1, 0.15) is 43.7 Å². The minimum absolute atomic E-state index is 0.404. The molecule has 4 nitrogen and oxygen atoms in total. The van der Waals surface area contributed by atoms with E-state index >= 15 is 0 Å². The second kappa shape index (κ2) is 7.88. The minimum atomic E-state index is -0.713. The predicted molar refractivity (Wildman–Crippen MR) is 101 cm³/mol. The molecule has 138 valence electrons. The van der Waals surface area contributed by atoms with E-state index in [1.54, 1.807) is 0 Å². The maximum absolute atomic E-state index is 11.5. The Labute approximate surface area is 151 Å². The van der Waals surface area contributed by atoms with Crippen molar-refractivity contribution in [1.82, 2.24) is 9.80 Å². The Bertz CT molecular complexity index is 595. The molecule has 1 N–H and O–H groups in total. The van der Waals surface area contributed by atoms with E-state index in [2.05, 4.69) is 47.9 Å². The molecule has 0 aliphatic carbocycles. The van der Waals surface area contributed by atoms with Crippen LogP contribution in [-0.2, 0) is 4.79 Å². The molecule has 3 rings (SSSR count). The monoisotopic (exact) mass is 344 g/mol. The molecule has 0 spiro atoms. The summed E-state index contributed by atoms with van der Waals surface area (Å²) in [6.07, 6.45) is 2.58. The number of aliphatic carboxylic acids is 1. The summed E-state index contributed by atoms with van der Waals surface area (Å²) in [5.41, 5.74) is 2.66. The number of carboxylic acid groups (broad SMARTS) is 1. The molecule has 2 fully saturated rings. The lowest BCUT2D eigenvalue weighted by Crippen LogP contribution is -2.40. The van der Waals surface area contributed by atoms with E-state index in [1.807, 2.05) is 6.92 Å². The molecular weight excluding hydrogens is 312 g/mol. The molecule has 2 aliphatic heterocycles. The van der Waals surface area contributed by atoms with Gasteiger partial charge in [0.25, 0.3) is 0 Å². The number of hydrogen-bond donors (Lipinski definition) is 1. The van der Waals surface area contributed by atoms with Gasteiger partial charge in [0.2, 0.25) is 0 Å². The number of nitrogens with zero attached hydrogens (tertiary/aromatic N) is 2. The average Bonchev–Trinajstić information content (AvgIpc) is 3.00. The number of hydrogen-bond acceptors (Lipinski definition) is 3. The Morgan fingerprint density at radius 1 is 1.28 bits per heavy atom. The van der Waals surface area contributed by atoms with Gasteiger partial charge in [-0.15, -0.1) is 0 Å². The molecule has 25 heavy (non-hydrogen) atoms. The number of carbonyl (C=O) groups is 1. The molecule has 2 saturated heterocycles. The highest BCUT2D eigenvalue weighted by molar-refractivity contribution is 5.73. The van der Waals surface area contributed by atoms with Crippen LogP contribution in [0.15, 0.2) is 24.3 Å². The van der Waals surface area contributed by atoms with E-state index < -0.39 is 12.0 Å². The van der Waals surface area contributed by atoms with Crippen LogP contribution < -0.4 is 0 Å². The van der Waals surface area contributed by atoms with Gasteiger partial charge in [-0.05, 0) is 57.2 Å². The molecule has 0 unspecified atom stereocenters. The summed E-state index contributed by atoms with van der Waals surface area (Å²) in [5.74, 6) is 1.07. The Morgan fingerprint density at radius 2 is 2.00 bits per heavy atom. The highest BCUT2D eigenvalue weighted by atomic mass is 16.4. The van der Waals surface area contributed by atoms with Crippen molar-refractivity contribution in [1.29, 1.82) is 0 Å². The second-order valence-corrected chi connectivity index (χ2v) is 8.23. The van der Waals surface area contributed by atoms with Crippen molar-refractivity contribution >= 4 is 5.97 Å². The maximum Gasteiger partial charge on any atom is 0.320 e. The molecule has 2 aliphatic rings. The summed E-state index contributed by atoms with van der Waals surface area (Å²) in [7, 11) is 0. The first-order valence-electron chi connectivity index (χ1n) is 9.70. The van der Waals surface area contributed by atoms with Gasteiger partial charge in [0.1, 0.15) is 6.04 Å². The van der Waals surface area contributed by atoms with Gasteiger partial charge < -0.3 is 10.0 Å². The van der Waals surface area contributed by atoms with Gasteiger partial charge in [0.05, 0.1) is 0 Å². The Hall–Kier alpha value is -1.39. The molecule has 0 radical (unpaired) electrons. The summed E-state index contributed by atoms with van der Waals surface area (Å²) >= 11 is 0. The molecule has 0 amide bonds. The molecular formula is C21H32N2O2. The highest BCUT2D eigenvalue weighted by Crippen LogP contribution is 2.35. The van der Waals surface area contributed by atoms with Crippen LogP contribution in [-0.4, -0.2) is 59.6 Å². The molecule has 0 saturated carbocycles. The van der Waals surface area contributed by atoms with E-state index in [1.165, 1.54) is 37.1 Å². The lowest BCUT2D eigenvalue weighted by molar-refractivity contribution is -0.142. The van der Waals surface area contributed by atoms with Crippen molar-refractivity contribution in [3.63, 3.8) is 0 Å². The standard InChI is InChI=1S/C21H32N2O2/c1-15-7-9-22(10-8-15)12-19-13-23(17(3)21(24)25)14-20(19)18-6-4-5-16(2)11-18/h4-6,11,15,17,19-20H,7-10,12-14H2,1-3H3,(H,24,25)/t17-,19+,20-/m1/s1. The van der Waals surface area contributed by atoms with Crippen molar-refractivity contribution in [2.24, 2.45) is 11.8 Å². The number of carboxylic acids is 1. The van der Waals surface area contributed by atoms with E-state index in [0.717, 1.165) is 25.6 Å². The number of rotatable bonds is 5. The lowest BCUT2D eigenvalue weighted by atomic mass is 9.87. The SMILES string of the molecule is Cc1cccc([C@H]2CN([C@H](C)C(=O)O)C[C@@H]2CN2CCC(C)CC2)c1. The molecule has 4 heteroatoms. The van der Waals surface area contributed by atoms with Gasteiger partial charge in [-0.25, -0.2) is 0 Å². The highest BCUT2D eigenvalue weighted by Gasteiger charge is 2.38. The summed E-state index contributed by atoms with van der Waals surface area (Å²) < 4.78 is 0. The fraction of sp³-hybridized carbons (Fsp3) is 0.667. The summed E-state index contributed by atoms with van der Waals surface area (Å²) in [5, 5.41) is 9.43. The van der Waals surface area contributed by atoms with Gasteiger partial charge in [-0.1, -0.05) is 36.8 Å². The van der Waals surface area contributed by atoms with Gasteiger partial charge >= 0.3 is 5.97 Å². The first-order valence-corrected chi connectivity index (χ1v) is 9.70. The fourth-order valence-corrected chi connectivity index (χ4v) is 4.42. The van der Waals surface area contributed by atoms with Crippen LogP contribution >= 0.6 is 0 Å². The zero-order valence-corrected chi connectivity index (χ0v) is 15.8. The number of piperidine rings is 1. The maximum atomic E-state index is 11.5. The minimum Gasteiger partial charge on any atom is -0.480 e. The zero-order chi connectivity index (χ0) is 18.0. The first-order chi connectivity index (χ1) is 11.9. The molecule has 1 aromatic carbocycles. The van der Waals surface area contributed by atoms with Crippen molar-refractivity contribution in [2.45, 2.75) is 45.6 Å². The Balaban J connectivity index is 1.75. The third-order valence-electron chi connectivity index (χ3n) is 6.21. The Kier molecular flexibility index (Phi) is 5.80. The van der Waals surface area contributed by atoms with Crippen LogP contribution in [0, 0.1) is 18.8 Å². The normalized spacial score (nSPS) is 27.5. The van der Waals surface area contributed by atoms with Gasteiger partial charge in [-0.2, -0.15) is 0 Å². The van der Waals surface area contributed by atoms with Crippen molar-refractivity contribution in [3.05, 3.63) is 35.4 Å². The number of benzene rings is 1. The fourth-order valence-electron chi connectivity index (χ4n) is 4.42. The lowest BCUT2D eigenvalue weighted by Gasteiger charge is -2.33. The average molecular weight is 344 g/mol. The van der Waals surface area contributed by atoms with Crippen LogP contribution in [0.25, 0.3) is 0 Å². The smallest absolute Gasteiger partial charge is 0.320 e. The first kappa shape index (κ1) is 18.4. The third kappa shape index (κ3) is 4.42. The van der Waals surface area contributed by atoms with Crippen LogP contribution in [0.3, 0.4) is 0 Å². The zero-order valence-electron chi connectivity index (χ0n) is 15.8. The van der Waals surface area contributed by atoms with Gasteiger partial charge in [0.15, 0.2) is 0 Å². The van der Waals surface area contributed by atoms with Crippen LogP contribution in [0.4, 0.5) is 0 Å². The third-order valence-corrected chi connectivity index (χ3v) is 6.21. The van der Waals surface area contributed by atoms with Crippen molar-refractivity contribution in [3.8, 4) is 0 Å². The van der Waals surface area contributed by atoms with Crippen molar-refractivity contribution in [2.75, 3.05) is 32.7 Å².